The number of amides is 1. The van der Waals surface area contributed by atoms with Crippen LogP contribution in [0, 0.1) is 0 Å². The van der Waals surface area contributed by atoms with Gasteiger partial charge in [0.05, 0.1) is 5.56 Å². The molecule has 2 N–H and O–H groups in total. The summed E-state index contributed by atoms with van der Waals surface area (Å²) in [6, 6.07) is 3.88. The van der Waals surface area contributed by atoms with E-state index >= 15 is 0 Å². The number of nitrogens with two attached hydrogens (primary N) is 1. The van der Waals surface area contributed by atoms with Gasteiger partial charge in [-0.15, -0.1) is 0 Å². The zero-order valence-corrected chi connectivity index (χ0v) is 10.1. The smallest absolute Gasteiger partial charge is 0.255 e. The maximum atomic E-state index is 12.4. The van der Waals surface area contributed by atoms with Gasteiger partial charge in [-0.3, -0.25) is 4.79 Å². The largest absolute Gasteiger partial charge is 0.334 e. The van der Waals surface area contributed by atoms with Gasteiger partial charge in [0.15, 0.2) is 0 Å². The van der Waals surface area contributed by atoms with E-state index in [1.54, 1.807) is 6.20 Å². The lowest BCUT2D eigenvalue weighted by Crippen LogP contribution is -2.39. The SMILES string of the molecule is NC[C@@H]1CCCN1C(=O)c1ccc2nccn2c1. The standard InChI is InChI=1S/C13H16N4O/c14-8-11-2-1-6-17(11)13(18)10-3-4-12-15-5-7-16(12)9-10/h3-5,7,9,11H,1-2,6,8,14H2/t11-/m0/s1. The van der Waals surface area contributed by atoms with E-state index in [1.165, 1.54) is 0 Å². The van der Waals surface area contributed by atoms with Crippen molar-refractivity contribution in [2.45, 2.75) is 18.9 Å². The molecule has 94 valence electrons. The van der Waals surface area contributed by atoms with Crippen molar-refractivity contribution >= 4 is 11.6 Å². The first kappa shape index (κ1) is 11.2. The van der Waals surface area contributed by atoms with Crippen LogP contribution >= 0.6 is 0 Å². The van der Waals surface area contributed by atoms with Crippen LogP contribution in [-0.4, -0.2) is 39.3 Å². The third-order valence-corrected chi connectivity index (χ3v) is 3.55. The predicted octanol–water partition coefficient (Wildman–Crippen LogP) is 0.898. The molecule has 1 saturated heterocycles. The van der Waals surface area contributed by atoms with E-state index in [1.807, 2.05) is 33.8 Å². The number of nitrogens with zero attached hydrogens (tertiary/aromatic N) is 3. The molecule has 2 aromatic heterocycles. The highest BCUT2D eigenvalue weighted by Gasteiger charge is 2.28. The fourth-order valence-electron chi connectivity index (χ4n) is 2.56. The van der Waals surface area contributed by atoms with Crippen LogP contribution < -0.4 is 5.73 Å². The predicted molar refractivity (Wildman–Crippen MR) is 68.3 cm³/mol. The summed E-state index contributed by atoms with van der Waals surface area (Å²) in [4.78, 5) is 18.5. The molecule has 0 saturated carbocycles. The number of carbonyl (C=O) groups is 1. The number of pyridine rings is 1. The summed E-state index contributed by atoms with van der Waals surface area (Å²) in [6.07, 6.45) is 7.45. The minimum absolute atomic E-state index is 0.0681. The second-order valence-electron chi connectivity index (χ2n) is 4.64. The van der Waals surface area contributed by atoms with E-state index in [-0.39, 0.29) is 11.9 Å². The lowest BCUT2D eigenvalue weighted by Gasteiger charge is -2.23. The molecule has 1 amide bonds. The van der Waals surface area contributed by atoms with Gasteiger partial charge in [-0.05, 0) is 25.0 Å². The Labute approximate surface area is 105 Å². The Morgan fingerprint density at radius 3 is 3.22 bits per heavy atom. The Morgan fingerprint density at radius 1 is 1.50 bits per heavy atom. The molecule has 2 aromatic rings. The van der Waals surface area contributed by atoms with Gasteiger partial charge in [0.2, 0.25) is 0 Å². The van der Waals surface area contributed by atoms with Gasteiger partial charge in [0.25, 0.3) is 5.91 Å². The maximum Gasteiger partial charge on any atom is 0.255 e. The summed E-state index contributed by atoms with van der Waals surface area (Å²) in [5, 5.41) is 0. The van der Waals surface area contributed by atoms with Crippen LogP contribution in [0.25, 0.3) is 5.65 Å². The first-order valence-electron chi connectivity index (χ1n) is 6.23. The van der Waals surface area contributed by atoms with Gasteiger partial charge in [0.1, 0.15) is 5.65 Å². The molecule has 0 spiro atoms. The highest BCUT2D eigenvalue weighted by atomic mass is 16.2. The lowest BCUT2D eigenvalue weighted by molar-refractivity contribution is 0.0740. The summed E-state index contributed by atoms with van der Waals surface area (Å²) >= 11 is 0. The average molecular weight is 244 g/mol. The number of rotatable bonds is 2. The molecular weight excluding hydrogens is 228 g/mol. The highest BCUT2D eigenvalue weighted by molar-refractivity contribution is 5.94. The fourth-order valence-corrected chi connectivity index (χ4v) is 2.56. The topological polar surface area (TPSA) is 63.6 Å². The average Bonchev–Trinajstić information content (AvgIpc) is 3.05. The van der Waals surface area contributed by atoms with Crippen molar-refractivity contribution in [1.82, 2.24) is 14.3 Å². The molecule has 0 aliphatic carbocycles. The van der Waals surface area contributed by atoms with Crippen LogP contribution in [0.15, 0.2) is 30.7 Å². The van der Waals surface area contributed by atoms with Crippen LogP contribution in [-0.2, 0) is 0 Å². The van der Waals surface area contributed by atoms with Crippen LogP contribution in [0.3, 0.4) is 0 Å². The molecular formula is C13H16N4O. The second-order valence-corrected chi connectivity index (χ2v) is 4.64. The van der Waals surface area contributed by atoms with Gasteiger partial charge in [-0.25, -0.2) is 4.98 Å². The Hall–Kier alpha value is -1.88. The molecule has 0 radical (unpaired) electrons. The molecule has 5 nitrogen and oxygen atoms in total. The number of imidazole rings is 1. The van der Waals surface area contributed by atoms with Gasteiger partial charge >= 0.3 is 0 Å². The summed E-state index contributed by atoms with van der Waals surface area (Å²) in [6.45, 7) is 1.35. The molecule has 5 heteroatoms. The molecule has 3 heterocycles. The number of carbonyl (C=O) groups excluding carboxylic acids is 1. The molecule has 1 atom stereocenters. The zero-order chi connectivity index (χ0) is 12.5. The Kier molecular flexibility index (Phi) is 2.76. The molecule has 0 unspecified atom stereocenters. The molecule has 3 rings (SSSR count). The lowest BCUT2D eigenvalue weighted by atomic mass is 10.2. The maximum absolute atomic E-state index is 12.4. The van der Waals surface area contributed by atoms with Gasteiger partial charge in [-0.1, -0.05) is 0 Å². The van der Waals surface area contributed by atoms with E-state index in [0.717, 1.165) is 25.0 Å². The zero-order valence-electron chi connectivity index (χ0n) is 10.1. The van der Waals surface area contributed by atoms with Crippen LogP contribution in [0.4, 0.5) is 0 Å². The Morgan fingerprint density at radius 2 is 2.39 bits per heavy atom. The first-order valence-corrected chi connectivity index (χ1v) is 6.23. The summed E-state index contributed by atoms with van der Waals surface area (Å²) in [5.74, 6) is 0.0681. The van der Waals surface area contributed by atoms with Gasteiger partial charge in [-0.2, -0.15) is 0 Å². The highest BCUT2D eigenvalue weighted by Crippen LogP contribution is 2.19. The Balaban J connectivity index is 1.91. The summed E-state index contributed by atoms with van der Waals surface area (Å²) < 4.78 is 1.86. The van der Waals surface area contributed by atoms with E-state index in [2.05, 4.69) is 4.98 Å². The Bertz CT molecular complexity index is 577. The molecule has 1 aliphatic heterocycles. The van der Waals surface area contributed by atoms with Crippen molar-refractivity contribution in [3.63, 3.8) is 0 Å². The summed E-state index contributed by atoms with van der Waals surface area (Å²) in [7, 11) is 0. The van der Waals surface area contributed by atoms with E-state index in [4.69, 9.17) is 5.73 Å². The minimum atomic E-state index is 0.0681. The number of fused-ring (bicyclic) bond motifs is 1. The van der Waals surface area contributed by atoms with Crippen molar-refractivity contribution in [2.75, 3.05) is 13.1 Å². The normalized spacial score (nSPS) is 19.6. The van der Waals surface area contributed by atoms with E-state index in [0.29, 0.717) is 12.1 Å². The van der Waals surface area contributed by atoms with Crippen molar-refractivity contribution < 1.29 is 4.79 Å². The molecule has 0 bridgehead atoms. The quantitative estimate of drug-likeness (QED) is 0.853. The van der Waals surface area contributed by atoms with Crippen molar-refractivity contribution in [3.8, 4) is 0 Å². The van der Waals surface area contributed by atoms with Crippen LogP contribution in [0.1, 0.15) is 23.2 Å². The van der Waals surface area contributed by atoms with Crippen molar-refractivity contribution in [2.24, 2.45) is 5.73 Å². The van der Waals surface area contributed by atoms with Gasteiger partial charge in [0, 0.05) is 37.7 Å². The monoisotopic (exact) mass is 244 g/mol. The second kappa shape index (κ2) is 4.42. The molecule has 0 aromatic carbocycles. The van der Waals surface area contributed by atoms with E-state index < -0.39 is 0 Å². The third kappa shape index (κ3) is 1.76. The number of aromatic nitrogens is 2. The van der Waals surface area contributed by atoms with Crippen LogP contribution in [0.2, 0.25) is 0 Å². The van der Waals surface area contributed by atoms with Crippen LogP contribution in [0.5, 0.6) is 0 Å². The molecule has 18 heavy (non-hydrogen) atoms. The van der Waals surface area contributed by atoms with Gasteiger partial charge < -0.3 is 15.0 Å². The summed E-state index contributed by atoms with van der Waals surface area (Å²) in [5.41, 5.74) is 7.25. The van der Waals surface area contributed by atoms with Crippen molar-refractivity contribution in [3.05, 3.63) is 36.3 Å². The number of hydrogen-bond donors (Lipinski definition) is 1. The van der Waals surface area contributed by atoms with E-state index in [9.17, 15) is 4.79 Å². The fraction of sp³-hybridized carbons (Fsp3) is 0.385. The molecule has 1 fully saturated rings. The third-order valence-electron chi connectivity index (χ3n) is 3.55. The number of likely N-dealkylation sites (tertiary alicyclic amines) is 1. The number of hydrogen-bond acceptors (Lipinski definition) is 3. The molecule has 1 aliphatic rings. The first-order chi connectivity index (χ1) is 8.79. The van der Waals surface area contributed by atoms with Crippen molar-refractivity contribution in [1.29, 1.82) is 0 Å². The minimum Gasteiger partial charge on any atom is -0.334 e.